The molecule has 2 N–H and O–H groups in total. The predicted molar refractivity (Wildman–Crippen MR) is 56.1 cm³/mol. The Balaban J connectivity index is 2.73. The highest BCUT2D eigenvalue weighted by Gasteiger charge is 1.99. The van der Waals surface area contributed by atoms with Crippen LogP contribution < -0.4 is 5.32 Å². The highest BCUT2D eigenvalue weighted by Crippen LogP contribution is 2.14. The molecule has 1 aromatic rings. The summed E-state index contributed by atoms with van der Waals surface area (Å²) in [5.74, 6) is 0. The first kappa shape index (κ1) is 10.6. The Labute approximate surface area is 84.0 Å². The molecule has 1 rings (SSSR count). The molecule has 0 radical (unpaired) electrons. The summed E-state index contributed by atoms with van der Waals surface area (Å²) in [6.45, 7) is 4.14. The van der Waals surface area contributed by atoms with Gasteiger partial charge in [0.25, 0.3) is 0 Å². The Morgan fingerprint density at radius 1 is 1.57 bits per heavy atom. The van der Waals surface area contributed by atoms with E-state index < -0.39 is 0 Å². The van der Waals surface area contributed by atoms with Crippen LogP contribution in [0.5, 0.6) is 0 Å². The van der Waals surface area contributed by atoms with Crippen LogP contribution in [0.4, 0.5) is 5.69 Å². The largest absolute Gasteiger partial charge is 0.392 e. The Kier molecular flexibility index (Phi) is 3.49. The summed E-state index contributed by atoms with van der Waals surface area (Å²) in [5.41, 5.74) is 2.57. The lowest BCUT2D eigenvalue weighted by molar-refractivity contribution is 0.208. The monoisotopic (exact) mass is 190 g/mol. The first-order chi connectivity index (χ1) is 6.63. The quantitative estimate of drug-likeness (QED) is 0.762. The van der Waals surface area contributed by atoms with Crippen molar-refractivity contribution < 1.29 is 5.11 Å². The van der Waals surface area contributed by atoms with Crippen molar-refractivity contribution in [1.29, 1.82) is 5.26 Å². The summed E-state index contributed by atoms with van der Waals surface area (Å²) in [7, 11) is 0. The van der Waals surface area contributed by atoms with Gasteiger partial charge in [-0.25, -0.2) is 0 Å². The van der Waals surface area contributed by atoms with Crippen LogP contribution in [0.15, 0.2) is 18.2 Å². The fourth-order valence-corrected chi connectivity index (χ4v) is 1.16. The standard InChI is InChI=1S/C11H14N2O/c1-8-5-11(13-7-9(2)14)4-3-10(8)6-12/h3-5,9,13-14H,7H2,1-2H3. The van der Waals surface area contributed by atoms with E-state index in [0.29, 0.717) is 12.1 Å². The van der Waals surface area contributed by atoms with Crippen molar-refractivity contribution in [1.82, 2.24) is 0 Å². The summed E-state index contributed by atoms with van der Waals surface area (Å²) >= 11 is 0. The second kappa shape index (κ2) is 4.64. The highest BCUT2D eigenvalue weighted by molar-refractivity contribution is 5.51. The SMILES string of the molecule is Cc1cc(NCC(C)O)ccc1C#N. The van der Waals surface area contributed by atoms with E-state index in [1.165, 1.54) is 0 Å². The van der Waals surface area contributed by atoms with Gasteiger partial charge in [0.15, 0.2) is 0 Å². The fraction of sp³-hybridized carbons (Fsp3) is 0.364. The number of hydrogen-bond donors (Lipinski definition) is 2. The van der Waals surface area contributed by atoms with E-state index in [1.54, 1.807) is 13.0 Å². The molecule has 0 amide bonds. The van der Waals surface area contributed by atoms with Crippen LogP contribution in [-0.4, -0.2) is 17.8 Å². The predicted octanol–water partition coefficient (Wildman–Crippen LogP) is 1.66. The molecule has 14 heavy (non-hydrogen) atoms. The van der Waals surface area contributed by atoms with E-state index in [0.717, 1.165) is 11.3 Å². The van der Waals surface area contributed by atoms with E-state index in [9.17, 15) is 0 Å². The number of anilines is 1. The second-order valence-corrected chi connectivity index (χ2v) is 3.37. The molecule has 3 nitrogen and oxygen atoms in total. The van der Waals surface area contributed by atoms with Gasteiger partial charge in [-0.3, -0.25) is 0 Å². The molecule has 0 spiro atoms. The number of nitriles is 1. The summed E-state index contributed by atoms with van der Waals surface area (Å²) < 4.78 is 0. The number of nitrogens with zero attached hydrogens (tertiary/aromatic N) is 1. The third kappa shape index (κ3) is 2.75. The number of rotatable bonds is 3. The molecule has 0 aromatic heterocycles. The molecule has 74 valence electrons. The van der Waals surface area contributed by atoms with Gasteiger partial charge in [0.1, 0.15) is 0 Å². The lowest BCUT2D eigenvalue weighted by Gasteiger charge is -2.09. The summed E-state index contributed by atoms with van der Waals surface area (Å²) in [6.07, 6.45) is -0.369. The van der Waals surface area contributed by atoms with E-state index >= 15 is 0 Å². The molecule has 3 heteroatoms. The van der Waals surface area contributed by atoms with Crippen molar-refractivity contribution >= 4 is 5.69 Å². The molecule has 0 saturated carbocycles. The van der Waals surface area contributed by atoms with Gasteiger partial charge >= 0.3 is 0 Å². The topological polar surface area (TPSA) is 56.0 Å². The lowest BCUT2D eigenvalue weighted by atomic mass is 10.1. The third-order valence-corrected chi connectivity index (χ3v) is 1.95. The Morgan fingerprint density at radius 2 is 2.29 bits per heavy atom. The fourth-order valence-electron chi connectivity index (χ4n) is 1.16. The normalized spacial score (nSPS) is 11.9. The first-order valence-corrected chi connectivity index (χ1v) is 4.56. The minimum Gasteiger partial charge on any atom is -0.392 e. The maximum absolute atomic E-state index is 9.07. The average Bonchev–Trinajstić information content (AvgIpc) is 2.15. The number of hydrogen-bond acceptors (Lipinski definition) is 3. The number of nitrogens with one attached hydrogen (secondary N) is 1. The Bertz CT molecular complexity index is 353. The van der Waals surface area contributed by atoms with Crippen LogP contribution in [-0.2, 0) is 0 Å². The zero-order valence-corrected chi connectivity index (χ0v) is 8.41. The molecule has 0 fully saturated rings. The lowest BCUT2D eigenvalue weighted by Crippen LogP contribution is -2.15. The van der Waals surface area contributed by atoms with Crippen LogP contribution in [0.2, 0.25) is 0 Å². The first-order valence-electron chi connectivity index (χ1n) is 4.56. The highest BCUT2D eigenvalue weighted by atomic mass is 16.3. The Morgan fingerprint density at radius 3 is 2.79 bits per heavy atom. The molecule has 1 unspecified atom stereocenters. The molecule has 1 atom stereocenters. The van der Waals surface area contributed by atoms with Crippen LogP contribution >= 0.6 is 0 Å². The summed E-state index contributed by atoms with van der Waals surface area (Å²) in [6, 6.07) is 7.63. The van der Waals surface area contributed by atoms with Crippen LogP contribution in [0.25, 0.3) is 0 Å². The van der Waals surface area contributed by atoms with Gasteiger partial charge in [0, 0.05) is 12.2 Å². The van der Waals surface area contributed by atoms with Crippen molar-refractivity contribution in [3.63, 3.8) is 0 Å². The van der Waals surface area contributed by atoms with Crippen molar-refractivity contribution in [3.05, 3.63) is 29.3 Å². The van der Waals surface area contributed by atoms with E-state index in [4.69, 9.17) is 10.4 Å². The molecule has 0 bridgehead atoms. The molecule has 0 aliphatic carbocycles. The molecule has 0 aliphatic rings. The summed E-state index contributed by atoms with van der Waals surface area (Å²) in [4.78, 5) is 0. The second-order valence-electron chi connectivity index (χ2n) is 3.37. The zero-order valence-electron chi connectivity index (χ0n) is 8.41. The maximum Gasteiger partial charge on any atom is 0.0994 e. The summed E-state index contributed by atoms with van der Waals surface area (Å²) in [5, 5.41) is 20.9. The van der Waals surface area contributed by atoms with Crippen molar-refractivity contribution in [3.8, 4) is 6.07 Å². The number of aliphatic hydroxyl groups is 1. The zero-order chi connectivity index (χ0) is 10.6. The van der Waals surface area contributed by atoms with Crippen LogP contribution in [0, 0.1) is 18.3 Å². The van der Waals surface area contributed by atoms with Crippen LogP contribution in [0.1, 0.15) is 18.1 Å². The molecular weight excluding hydrogens is 176 g/mol. The van der Waals surface area contributed by atoms with Crippen molar-refractivity contribution in [2.75, 3.05) is 11.9 Å². The van der Waals surface area contributed by atoms with Gasteiger partial charge in [-0.05, 0) is 37.6 Å². The van der Waals surface area contributed by atoms with Crippen LogP contribution in [0.3, 0.4) is 0 Å². The van der Waals surface area contributed by atoms with Gasteiger partial charge in [0.05, 0.1) is 17.7 Å². The Hall–Kier alpha value is -1.53. The smallest absolute Gasteiger partial charge is 0.0994 e. The van der Waals surface area contributed by atoms with Gasteiger partial charge in [0.2, 0.25) is 0 Å². The molecule has 0 heterocycles. The van der Waals surface area contributed by atoms with E-state index in [2.05, 4.69) is 11.4 Å². The molecule has 0 saturated heterocycles. The number of aliphatic hydroxyl groups excluding tert-OH is 1. The number of aryl methyl sites for hydroxylation is 1. The van der Waals surface area contributed by atoms with Gasteiger partial charge in [-0.15, -0.1) is 0 Å². The maximum atomic E-state index is 9.07. The third-order valence-electron chi connectivity index (χ3n) is 1.95. The number of benzene rings is 1. The van der Waals surface area contributed by atoms with E-state index in [1.807, 2.05) is 19.1 Å². The molecule has 0 aliphatic heterocycles. The molecular formula is C11H14N2O. The van der Waals surface area contributed by atoms with Gasteiger partial charge < -0.3 is 10.4 Å². The average molecular weight is 190 g/mol. The van der Waals surface area contributed by atoms with Crippen molar-refractivity contribution in [2.24, 2.45) is 0 Å². The van der Waals surface area contributed by atoms with Crippen molar-refractivity contribution in [2.45, 2.75) is 20.0 Å². The van der Waals surface area contributed by atoms with Gasteiger partial charge in [-0.1, -0.05) is 0 Å². The molecule has 1 aromatic carbocycles. The van der Waals surface area contributed by atoms with E-state index in [-0.39, 0.29) is 6.10 Å². The minimum absolute atomic E-state index is 0.369. The minimum atomic E-state index is -0.369. The van der Waals surface area contributed by atoms with Gasteiger partial charge in [-0.2, -0.15) is 5.26 Å².